The fraction of sp³-hybridized carbons (Fsp3) is 0.571. The predicted octanol–water partition coefficient (Wildman–Crippen LogP) is 1.26. The van der Waals surface area contributed by atoms with Crippen molar-refractivity contribution in [3.05, 3.63) is 35.9 Å². The molecule has 0 amide bonds. The first kappa shape index (κ1) is 14.5. The monoisotopic (exact) mass is 283 g/mol. The number of benzene rings is 1. The van der Waals surface area contributed by atoms with Gasteiger partial charge in [-0.15, -0.1) is 0 Å². The Labute approximate surface area is 115 Å². The zero-order chi connectivity index (χ0) is 13.7. The van der Waals surface area contributed by atoms with Gasteiger partial charge in [0, 0.05) is 13.1 Å². The van der Waals surface area contributed by atoms with Gasteiger partial charge in [0.1, 0.15) is 0 Å². The molecule has 0 spiro atoms. The minimum atomic E-state index is -3.25. The van der Waals surface area contributed by atoms with E-state index >= 15 is 0 Å². The average Bonchev–Trinajstić information content (AvgIpc) is 2.40. The second-order valence-electron chi connectivity index (χ2n) is 5.07. The van der Waals surface area contributed by atoms with Gasteiger partial charge in [-0.25, -0.2) is 12.7 Å². The molecule has 2 rings (SSSR count). The highest BCUT2D eigenvalue weighted by Gasteiger charge is 2.27. The summed E-state index contributed by atoms with van der Waals surface area (Å²) >= 11 is 0. The van der Waals surface area contributed by atoms with E-state index in [4.69, 9.17) is 5.11 Å². The van der Waals surface area contributed by atoms with Crippen molar-refractivity contribution in [2.75, 3.05) is 25.4 Å². The van der Waals surface area contributed by atoms with Crippen molar-refractivity contribution in [2.45, 2.75) is 19.3 Å². The Morgan fingerprint density at radius 2 is 1.79 bits per heavy atom. The largest absolute Gasteiger partial charge is 0.395 e. The van der Waals surface area contributed by atoms with Crippen LogP contribution in [0.4, 0.5) is 0 Å². The molecular weight excluding hydrogens is 262 g/mol. The molecule has 0 aromatic heterocycles. The van der Waals surface area contributed by atoms with Gasteiger partial charge in [0.2, 0.25) is 10.0 Å². The highest BCUT2D eigenvalue weighted by molar-refractivity contribution is 7.89. The van der Waals surface area contributed by atoms with E-state index in [0.717, 1.165) is 19.3 Å². The summed E-state index contributed by atoms with van der Waals surface area (Å²) in [5, 5.41) is 8.77. The SMILES string of the molecule is O=S(=O)(CCO)N1CCC(Cc2ccccc2)CC1. The summed E-state index contributed by atoms with van der Waals surface area (Å²) < 4.78 is 25.2. The van der Waals surface area contributed by atoms with Crippen LogP contribution in [0.25, 0.3) is 0 Å². The van der Waals surface area contributed by atoms with Gasteiger partial charge in [-0.05, 0) is 30.7 Å². The van der Waals surface area contributed by atoms with Crippen molar-refractivity contribution in [3.63, 3.8) is 0 Å². The van der Waals surface area contributed by atoms with Gasteiger partial charge in [0.25, 0.3) is 0 Å². The van der Waals surface area contributed by atoms with Crippen molar-refractivity contribution in [1.82, 2.24) is 4.31 Å². The molecule has 0 bridgehead atoms. The Morgan fingerprint density at radius 3 is 2.37 bits per heavy atom. The van der Waals surface area contributed by atoms with Crippen LogP contribution in [0.1, 0.15) is 18.4 Å². The molecule has 0 saturated carbocycles. The molecule has 106 valence electrons. The summed E-state index contributed by atoms with van der Waals surface area (Å²) in [5.41, 5.74) is 1.32. The summed E-state index contributed by atoms with van der Waals surface area (Å²) in [5.74, 6) is 0.402. The molecule has 0 radical (unpaired) electrons. The molecular formula is C14H21NO3S. The van der Waals surface area contributed by atoms with Gasteiger partial charge >= 0.3 is 0 Å². The standard InChI is InChI=1S/C14H21NO3S/c16-10-11-19(17,18)15-8-6-14(7-9-15)12-13-4-2-1-3-5-13/h1-5,14,16H,6-12H2. The number of sulfonamides is 1. The summed E-state index contributed by atoms with van der Waals surface area (Å²) in [6.45, 7) is 0.867. The molecule has 1 heterocycles. The first-order valence-corrected chi connectivity index (χ1v) is 8.35. The quantitative estimate of drug-likeness (QED) is 0.885. The Kier molecular flexibility index (Phi) is 4.96. The van der Waals surface area contributed by atoms with Crippen LogP contribution < -0.4 is 0 Å². The molecule has 1 aromatic carbocycles. The zero-order valence-corrected chi connectivity index (χ0v) is 11.8. The fourth-order valence-corrected chi connectivity index (χ4v) is 3.84. The van der Waals surface area contributed by atoms with E-state index in [1.54, 1.807) is 0 Å². The van der Waals surface area contributed by atoms with Crippen LogP contribution in [0.15, 0.2) is 30.3 Å². The van der Waals surface area contributed by atoms with Gasteiger partial charge < -0.3 is 5.11 Å². The van der Waals surface area contributed by atoms with Crippen molar-refractivity contribution in [3.8, 4) is 0 Å². The normalized spacial score (nSPS) is 18.6. The molecule has 5 heteroatoms. The predicted molar refractivity (Wildman–Crippen MR) is 75.3 cm³/mol. The van der Waals surface area contributed by atoms with Gasteiger partial charge in [-0.3, -0.25) is 0 Å². The number of nitrogens with zero attached hydrogens (tertiary/aromatic N) is 1. The maximum absolute atomic E-state index is 11.8. The smallest absolute Gasteiger partial charge is 0.216 e. The van der Waals surface area contributed by atoms with Crippen molar-refractivity contribution < 1.29 is 13.5 Å². The molecule has 1 N–H and O–H groups in total. The lowest BCUT2D eigenvalue weighted by Crippen LogP contribution is -2.40. The Balaban J connectivity index is 1.86. The van der Waals surface area contributed by atoms with Crippen molar-refractivity contribution >= 4 is 10.0 Å². The third-order valence-electron chi connectivity index (χ3n) is 3.68. The summed E-state index contributed by atoms with van der Waals surface area (Å²) in [7, 11) is -3.25. The third-order valence-corrected chi connectivity index (χ3v) is 5.53. The second-order valence-corrected chi connectivity index (χ2v) is 7.16. The molecule has 19 heavy (non-hydrogen) atoms. The van der Waals surface area contributed by atoms with Crippen LogP contribution in [0.2, 0.25) is 0 Å². The third kappa shape index (κ3) is 4.03. The van der Waals surface area contributed by atoms with Crippen molar-refractivity contribution in [1.29, 1.82) is 0 Å². The van der Waals surface area contributed by atoms with Crippen LogP contribution in [0, 0.1) is 5.92 Å². The average molecular weight is 283 g/mol. The van der Waals surface area contributed by atoms with Crippen LogP contribution >= 0.6 is 0 Å². The van der Waals surface area contributed by atoms with Gasteiger partial charge in [-0.2, -0.15) is 0 Å². The van der Waals surface area contributed by atoms with Crippen molar-refractivity contribution in [2.24, 2.45) is 5.92 Å². The van der Waals surface area contributed by atoms with E-state index in [9.17, 15) is 8.42 Å². The maximum atomic E-state index is 11.8. The number of aliphatic hydroxyl groups excluding tert-OH is 1. The zero-order valence-electron chi connectivity index (χ0n) is 11.0. The first-order chi connectivity index (χ1) is 9.12. The Bertz CT molecular complexity index is 479. The minimum absolute atomic E-state index is 0.156. The molecule has 0 aliphatic carbocycles. The van der Waals surface area contributed by atoms with E-state index in [1.165, 1.54) is 9.87 Å². The van der Waals surface area contributed by atoms with E-state index in [-0.39, 0.29) is 12.4 Å². The van der Waals surface area contributed by atoms with Gasteiger partial charge in [0.05, 0.1) is 12.4 Å². The fourth-order valence-electron chi connectivity index (χ4n) is 2.58. The molecule has 0 atom stereocenters. The van der Waals surface area contributed by atoms with E-state index < -0.39 is 10.0 Å². The molecule has 1 aliphatic heterocycles. The lowest BCUT2D eigenvalue weighted by Gasteiger charge is -2.31. The maximum Gasteiger partial charge on any atom is 0.216 e. The number of hydrogen-bond donors (Lipinski definition) is 1. The summed E-state index contributed by atoms with van der Waals surface area (Å²) in [4.78, 5) is 0. The minimum Gasteiger partial charge on any atom is -0.395 e. The van der Waals surface area contributed by atoms with Crippen LogP contribution in [0.5, 0.6) is 0 Å². The van der Waals surface area contributed by atoms with Crippen LogP contribution in [-0.4, -0.2) is 43.3 Å². The molecule has 1 saturated heterocycles. The van der Waals surface area contributed by atoms with Crippen LogP contribution in [-0.2, 0) is 16.4 Å². The number of rotatable bonds is 5. The first-order valence-electron chi connectivity index (χ1n) is 6.74. The number of hydrogen-bond acceptors (Lipinski definition) is 3. The highest BCUT2D eigenvalue weighted by Crippen LogP contribution is 2.23. The Hall–Kier alpha value is -0.910. The van der Waals surface area contributed by atoms with E-state index in [1.807, 2.05) is 18.2 Å². The lowest BCUT2D eigenvalue weighted by molar-refractivity contribution is 0.267. The topological polar surface area (TPSA) is 57.6 Å². The summed E-state index contributed by atoms with van der Waals surface area (Å²) in [6, 6.07) is 10.3. The van der Waals surface area contributed by atoms with Gasteiger partial charge in [0.15, 0.2) is 0 Å². The van der Waals surface area contributed by atoms with E-state index in [2.05, 4.69) is 12.1 Å². The van der Waals surface area contributed by atoms with Gasteiger partial charge in [-0.1, -0.05) is 30.3 Å². The molecule has 1 fully saturated rings. The second kappa shape index (κ2) is 6.50. The summed E-state index contributed by atoms with van der Waals surface area (Å²) in [6.07, 6.45) is 2.83. The molecule has 0 unspecified atom stereocenters. The number of aliphatic hydroxyl groups is 1. The molecule has 4 nitrogen and oxygen atoms in total. The highest BCUT2D eigenvalue weighted by atomic mass is 32.2. The lowest BCUT2D eigenvalue weighted by atomic mass is 9.91. The molecule has 1 aliphatic rings. The molecule has 1 aromatic rings. The van der Waals surface area contributed by atoms with E-state index in [0.29, 0.717) is 19.0 Å². The number of piperidine rings is 1. The Morgan fingerprint density at radius 1 is 1.16 bits per heavy atom. The van der Waals surface area contributed by atoms with Crippen LogP contribution in [0.3, 0.4) is 0 Å².